The first-order valence-electron chi connectivity index (χ1n) is 7.30. The average Bonchev–Trinajstić information content (AvgIpc) is 2.60. The Kier molecular flexibility index (Phi) is 6.23. The van der Waals surface area contributed by atoms with E-state index >= 15 is 0 Å². The summed E-state index contributed by atoms with van der Waals surface area (Å²) in [6, 6.07) is 17.4. The number of amides is 1. The van der Waals surface area contributed by atoms with E-state index in [1.807, 2.05) is 68.4 Å². The van der Waals surface area contributed by atoms with Crippen LogP contribution in [0.3, 0.4) is 0 Å². The molecule has 0 aliphatic heterocycles. The molecule has 1 N–H and O–H groups in total. The summed E-state index contributed by atoms with van der Waals surface area (Å²) in [5.41, 5.74) is 4.31. The zero-order valence-corrected chi connectivity index (χ0v) is 14.3. The number of nitrogens with one attached hydrogen (secondary N) is 1. The van der Waals surface area contributed by atoms with E-state index in [4.69, 9.17) is 4.74 Å². The summed E-state index contributed by atoms with van der Waals surface area (Å²) in [6.07, 6.45) is 0. The minimum absolute atomic E-state index is 0.119. The van der Waals surface area contributed by atoms with Gasteiger partial charge in [-0.25, -0.2) is 5.43 Å². The maximum atomic E-state index is 12.1. The van der Waals surface area contributed by atoms with Crippen LogP contribution >= 0.6 is 11.8 Å². The smallest absolute Gasteiger partial charge is 0.253 e. The second kappa shape index (κ2) is 8.39. The molecular weight excluding hydrogens is 308 g/mol. The van der Waals surface area contributed by atoms with Crippen molar-refractivity contribution < 1.29 is 9.53 Å². The number of hydrogen-bond donors (Lipinski definition) is 1. The quantitative estimate of drug-likeness (QED) is 0.499. The van der Waals surface area contributed by atoms with Gasteiger partial charge in [-0.2, -0.15) is 5.10 Å². The Hall–Kier alpha value is -2.27. The summed E-state index contributed by atoms with van der Waals surface area (Å²) in [5.74, 6) is 0.671. The van der Waals surface area contributed by atoms with Crippen molar-refractivity contribution in [2.75, 3.05) is 7.11 Å². The van der Waals surface area contributed by atoms with Crippen LogP contribution in [0.2, 0.25) is 0 Å². The first kappa shape index (κ1) is 17.1. The van der Waals surface area contributed by atoms with E-state index in [2.05, 4.69) is 10.5 Å². The monoisotopic (exact) mass is 328 g/mol. The molecule has 4 nitrogen and oxygen atoms in total. The lowest BCUT2D eigenvalue weighted by molar-refractivity contribution is -0.120. The summed E-state index contributed by atoms with van der Waals surface area (Å²) in [6.45, 7) is 3.72. The summed E-state index contributed by atoms with van der Waals surface area (Å²) in [7, 11) is 1.63. The van der Waals surface area contributed by atoms with Gasteiger partial charge in [0.25, 0.3) is 5.91 Å². The number of thioether (sulfide) groups is 1. The molecule has 0 saturated heterocycles. The third-order valence-corrected chi connectivity index (χ3v) is 4.38. The Balaban J connectivity index is 1.93. The fourth-order valence-electron chi connectivity index (χ4n) is 1.88. The van der Waals surface area contributed by atoms with Gasteiger partial charge in [-0.05, 0) is 55.8 Å². The largest absolute Gasteiger partial charge is 0.497 e. The maximum Gasteiger partial charge on any atom is 0.253 e. The number of ether oxygens (including phenoxy) is 1. The maximum absolute atomic E-state index is 12.1. The van der Waals surface area contributed by atoms with Gasteiger partial charge in [-0.15, -0.1) is 11.8 Å². The Morgan fingerprint density at radius 2 is 1.78 bits per heavy atom. The van der Waals surface area contributed by atoms with Gasteiger partial charge in [-0.3, -0.25) is 4.79 Å². The fraction of sp³-hybridized carbons (Fsp3) is 0.222. The van der Waals surface area contributed by atoms with Gasteiger partial charge in [0.05, 0.1) is 18.1 Å². The lowest BCUT2D eigenvalue weighted by Crippen LogP contribution is -2.27. The third-order valence-electron chi connectivity index (χ3n) is 3.27. The summed E-state index contributed by atoms with van der Waals surface area (Å²) in [4.78, 5) is 13.2. The Morgan fingerprint density at radius 1 is 1.13 bits per heavy atom. The summed E-state index contributed by atoms with van der Waals surface area (Å²) >= 11 is 1.51. The van der Waals surface area contributed by atoms with Crippen LogP contribution in [0.25, 0.3) is 0 Å². The number of methoxy groups -OCH3 is 1. The summed E-state index contributed by atoms with van der Waals surface area (Å²) < 4.78 is 5.12. The molecule has 2 aromatic rings. The van der Waals surface area contributed by atoms with Gasteiger partial charge in [-0.1, -0.05) is 18.2 Å². The van der Waals surface area contributed by atoms with Crippen LogP contribution in [-0.2, 0) is 4.79 Å². The highest BCUT2D eigenvalue weighted by Gasteiger charge is 2.13. The lowest BCUT2D eigenvalue weighted by Gasteiger charge is -2.10. The van der Waals surface area contributed by atoms with Crippen molar-refractivity contribution in [2.24, 2.45) is 5.10 Å². The molecule has 0 unspecified atom stereocenters. The van der Waals surface area contributed by atoms with Crippen LogP contribution in [0.1, 0.15) is 19.4 Å². The zero-order chi connectivity index (χ0) is 16.7. The van der Waals surface area contributed by atoms with Gasteiger partial charge in [0, 0.05) is 4.90 Å². The number of hydrogen-bond acceptors (Lipinski definition) is 4. The van der Waals surface area contributed by atoms with E-state index in [9.17, 15) is 4.79 Å². The number of hydrazone groups is 1. The normalized spacial score (nSPS) is 12.6. The molecule has 0 radical (unpaired) electrons. The standard InChI is InChI=1S/C18H20N2O2S/c1-13(15-9-11-16(22-3)12-10-15)19-20-18(21)14(2)23-17-7-5-4-6-8-17/h4-12,14H,1-3H3,(H,20,21)/b19-13-/t14-/m1/s1. The minimum Gasteiger partial charge on any atom is -0.497 e. The van der Waals surface area contributed by atoms with Crippen LogP contribution < -0.4 is 10.2 Å². The number of nitrogens with zero attached hydrogens (tertiary/aromatic N) is 1. The molecule has 0 saturated carbocycles. The molecular formula is C18H20N2O2S. The van der Waals surface area contributed by atoms with Crippen LogP contribution in [0.5, 0.6) is 5.75 Å². The summed E-state index contributed by atoms with van der Waals surface area (Å²) in [5, 5.41) is 3.96. The van der Waals surface area contributed by atoms with Crippen molar-refractivity contribution in [1.82, 2.24) is 5.43 Å². The van der Waals surface area contributed by atoms with Crippen molar-refractivity contribution in [3.05, 3.63) is 60.2 Å². The molecule has 0 aliphatic carbocycles. The second-order valence-electron chi connectivity index (χ2n) is 4.97. The molecule has 0 fully saturated rings. The van der Waals surface area contributed by atoms with E-state index in [-0.39, 0.29) is 11.2 Å². The zero-order valence-electron chi connectivity index (χ0n) is 13.4. The molecule has 5 heteroatoms. The highest BCUT2D eigenvalue weighted by atomic mass is 32.2. The minimum atomic E-state index is -0.218. The molecule has 0 bridgehead atoms. The first-order valence-corrected chi connectivity index (χ1v) is 8.18. The van der Waals surface area contributed by atoms with Crippen LogP contribution in [-0.4, -0.2) is 24.0 Å². The van der Waals surface area contributed by atoms with E-state index in [0.717, 1.165) is 21.9 Å². The Bertz CT molecular complexity index is 669. The Morgan fingerprint density at radius 3 is 2.39 bits per heavy atom. The number of carbonyl (C=O) groups excluding carboxylic acids is 1. The highest BCUT2D eigenvalue weighted by molar-refractivity contribution is 8.00. The molecule has 2 rings (SSSR count). The molecule has 2 aromatic carbocycles. The lowest BCUT2D eigenvalue weighted by atomic mass is 10.1. The predicted octanol–water partition coefficient (Wildman–Crippen LogP) is 3.72. The molecule has 0 spiro atoms. The van der Waals surface area contributed by atoms with Crippen molar-refractivity contribution >= 4 is 23.4 Å². The van der Waals surface area contributed by atoms with Crippen molar-refractivity contribution in [3.63, 3.8) is 0 Å². The molecule has 1 atom stereocenters. The van der Waals surface area contributed by atoms with E-state index < -0.39 is 0 Å². The van der Waals surface area contributed by atoms with Gasteiger partial charge >= 0.3 is 0 Å². The molecule has 0 aliphatic rings. The molecule has 0 aromatic heterocycles. The molecule has 0 heterocycles. The average molecular weight is 328 g/mol. The molecule has 120 valence electrons. The van der Waals surface area contributed by atoms with E-state index in [0.29, 0.717) is 0 Å². The van der Waals surface area contributed by atoms with Crippen molar-refractivity contribution in [2.45, 2.75) is 24.0 Å². The van der Waals surface area contributed by atoms with Crippen LogP contribution in [0.4, 0.5) is 0 Å². The van der Waals surface area contributed by atoms with Gasteiger partial charge in [0.2, 0.25) is 0 Å². The van der Waals surface area contributed by atoms with E-state index in [1.54, 1.807) is 7.11 Å². The number of benzene rings is 2. The predicted molar refractivity (Wildman–Crippen MR) is 95.1 cm³/mol. The van der Waals surface area contributed by atoms with Gasteiger partial charge in [0.15, 0.2) is 0 Å². The highest BCUT2D eigenvalue weighted by Crippen LogP contribution is 2.22. The third kappa shape index (κ3) is 5.14. The van der Waals surface area contributed by atoms with Gasteiger partial charge in [0.1, 0.15) is 5.75 Å². The topological polar surface area (TPSA) is 50.7 Å². The first-order chi connectivity index (χ1) is 11.1. The van der Waals surface area contributed by atoms with Crippen molar-refractivity contribution in [1.29, 1.82) is 0 Å². The van der Waals surface area contributed by atoms with Crippen LogP contribution in [0.15, 0.2) is 64.6 Å². The van der Waals surface area contributed by atoms with Crippen LogP contribution in [0, 0.1) is 0 Å². The Labute approximate surface area is 140 Å². The van der Waals surface area contributed by atoms with E-state index in [1.165, 1.54) is 11.8 Å². The second-order valence-corrected chi connectivity index (χ2v) is 6.39. The van der Waals surface area contributed by atoms with Crippen molar-refractivity contribution in [3.8, 4) is 5.75 Å². The number of rotatable bonds is 6. The SMILES string of the molecule is COc1ccc(/C(C)=N\NC(=O)[C@@H](C)Sc2ccccc2)cc1. The molecule has 1 amide bonds. The fourth-order valence-corrected chi connectivity index (χ4v) is 2.77. The van der Waals surface area contributed by atoms with Gasteiger partial charge < -0.3 is 4.74 Å². The number of carbonyl (C=O) groups is 1. The molecule has 23 heavy (non-hydrogen) atoms.